The number of H-pyrrole nitrogens is 1. The van der Waals surface area contributed by atoms with Crippen molar-refractivity contribution >= 4 is 40.0 Å². The average Bonchev–Trinajstić information content (AvgIpc) is 2.61. The van der Waals surface area contributed by atoms with Gasteiger partial charge in [-0.25, -0.2) is 4.79 Å². The third-order valence-corrected chi connectivity index (χ3v) is 5.06. The van der Waals surface area contributed by atoms with Crippen molar-refractivity contribution in [1.29, 1.82) is 0 Å². The number of amides is 1. The van der Waals surface area contributed by atoms with Crippen LogP contribution in [0.15, 0.2) is 33.9 Å². The molecule has 0 atom stereocenters. The number of nitrogens with two attached hydrogens (primary N) is 1. The number of anilines is 2. The molecule has 0 aliphatic carbocycles. The molecule has 2 rings (SSSR count). The zero-order valence-corrected chi connectivity index (χ0v) is 17.9. The SMILES string of the molecule is CCCCN(C(=O)c1ccccc1I)c1c(N)n(CC(C)C)c(=O)[nH]c1=O. The minimum absolute atomic E-state index is 0.0212. The van der Waals surface area contributed by atoms with Gasteiger partial charge in [0.1, 0.15) is 5.82 Å². The van der Waals surface area contributed by atoms with E-state index in [1.54, 1.807) is 12.1 Å². The molecule has 0 fully saturated rings. The molecule has 1 aromatic carbocycles. The fourth-order valence-corrected chi connectivity index (χ4v) is 3.41. The lowest BCUT2D eigenvalue weighted by Crippen LogP contribution is -2.42. The number of aromatic amines is 1. The lowest BCUT2D eigenvalue weighted by Gasteiger charge is -2.25. The zero-order valence-electron chi connectivity index (χ0n) is 15.8. The first-order valence-corrected chi connectivity index (χ1v) is 10.0. The minimum atomic E-state index is -0.645. The summed E-state index contributed by atoms with van der Waals surface area (Å²) >= 11 is 2.09. The number of rotatable bonds is 7. The molecule has 0 bridgehead atoms. The van der Waals surface area contributed by atoms with Crippen LogP contribution in [0.1, 0.15) is 44.0 Å². The Morgan fingerprint density at radius 1 is 1.30 bits per heavy atom. The highest BCUT2D eigenvalue weighted by molar-refractivity contribution is 14.1. The summed E-state index contributed by atoms with van der Waals surface area (Å²) in [6.07, 6.45) is 1.55. The molecule has 0 aliphatic rings. The van der Waals surface area contributed by atoms with E-state index in [2.05, 4.69) is 27.6 Å². The number of nitrogens with zero attached hydrogens (tertiary/aromatic N) is 2. The van der Waals surface area contributed by atoms with Crippen LogP contribution in [0.4, 0.5) is 11.5 Å². The summed E-state index contributed by atoms with van der Waals surface area (Å²) in [7, 11) is 0. The molecule has 1 heterocycles. The Morgan fingerprint density at radius 3 is 2.56 bits per heavy atom. The molecule has 3 N–H and O–H groups in total. The Labute approximate surface area is 171 Å². The molecule has 1 aromatic heterocycles. The van der Waals surface area contributed by atoms with Crippen molar-refractivity contribution < 1.29 is 4.79 Å². The number of aromatic nitrogens is 2. The van der Waals surface area contributed by atoms with Crippen molar-refractivity contribution in [1.82, 2.24) is 9.55 Å². The quantitative estimate of drug-likeness (QED) is 0.591. The van der Waals surface area contributed by atoms with Crippen molar-refractivity contribution in [2.24, 2.45) is 5.92 Å². The third kappa shape index (κ3) is 4.79. The Morgan fingerprint density at radius 2 is 1.96 bits per heavy atom. The van der Waals surface area contributed by atoms with Crippen LogP contribution in [0.3, 0.4) is 0 Å². The molecular weight excluding hydrogens is 459 g/mol. The topological polar surface area (TPSA) is 101 Å². The van der Waals surface area contributed by atoms with Crippen molar-refractivity contribution in [3.8, 4) is 0 Å². The predicted molar refractivity (Wildman–Crippen MR) is 116 cm³/mol. The number of benzene rings is 1. The van der Waals surface area contributed by atoms with E-state index in [-0.39, 0.29) is 23.3 Å². The lowest BCUT2D eigenvalue weighted by molar-refractivity contribution is 0.0985. The van der Waals surface area contributed by atoms with Gasteiger partial charge in [0.15, 0.2) is 5.69 Å². The predicted octanol–water partition coefficient (Wildman–Crippen LogP) is 2.83. The van der Waals surface area contributed by atoms with Crippen molar-refractivity contribution in [2.45, 2.75) is 40.2 Å². The summed E-state index contributed by atoms with van der Waals surface area (Å²) in [5.74, 6) is -0.133. The maximum Gasteiger partial charge on any atom is 0.330 e. The van der Waals surface area contributed by atoms with Crippen LogP contribution in [-0.4, -0.2) is 22.0 Å². The Hall–Kier alpha value is -2.10. The molecule has 0 unspecified atom stereocenters. The number of nitrogens with one attached hydrogen (secondary N) is 1. The standard InChI is InChI=1S/C19H25IN4O3/c1-4-5-10-23(18(26)13-8-6-7-9-14(13)20)15-16(21)24(11-12(2)3)19(27)22-17(15)25/h6-9,12H,4-5,10-11,21H2,1-3H3,(H,22,25,27). The summed E-state index contributed by atoms with van der Waals surface area (Å²) in [4.78, 5) is 41.7. The Bertz CT molecular complexity index is 933. The Balaban J connectivity index is 2.63. The van der Waals surface area contributed by atoms with E-state index in [4.69, 9.17) is 5.73 Å². The summed E-state index contributed by atoms with van der Waals surface area (Å²) in [6.45, 7) is 6.59. The van der Waals surface area contributed by atoms with E-state index in [1.807, 2.05) is 32.9 Å². The number of nitrogen functional groups attached to an aromatic ring is 1. The number of hydrogen-bond acceptors (Lipinski definition) is 4. The van der Waals surface area contributed by atoms with Crippen LogP contribution in [-0.2, 0) is 6.54 Å². The van der Waals surface area contributed by atoms with Gasteiger partial charge in [-0.1, -0.05) is 39.3 Å². The van der Waals surface area contributed by atoms with Gasteiger partial charge in [-0.2, -0.15) is 0 Å². The van der Waals surface area contributed by atoms with Gasteiger partial charge in [0, 0.05) is 16.7 Å². The highest BCUT2D eigenvalue weighted by Gasteiger charge is 2.26. The number of halogens is 1. The molecule has 0 radical (unpaired) electrons. The van der Waals surface area contributed by atoms with Gasteiger partial charge in [-0.15, -0.1) is 0 Å². The minimum Gasteiger partial charge on any atom is -0.383 e. The normalized spacial score (nSPS) is 11.0. The van der Waals surface area contributed by atoms with Crippen molar-refractivity contribution in [3.05, 3.63) is 54.2 Å². The molecule has 27 heavy (non-hydrogen) atoms. The summed E-state index contributed by atoms with van der Waals surface area (Å²) in [5, 5.41) is 0. The number of hydrogen-bond donors (Lipinski definition) is 2. The largest absolute Gasteiger partial charge is 0.383 e. The maximum atomic E-state index is 13.2. The molecule has 0 saturated heterocycles. The fourth-order valence-electron chi connectivity index (χ4n) is 2.80. The number of carbonyl (C=O) groups excluding carboxylic acids is 1. The number of unbranched alkanes of at least 4 members (excludes halogenated alkanes) is 1. The van der Waals surface area contributed by atoms with E-state index < -0.39 is 11.2 Å². The van der Waals surface area contributed by atoms with Gasteiger partial charge in [0.2, 0.25) is 0 Å². The lowest BCUT2D eigenvalue weighted by atomic mass is 10.1. The highest BCUT2D eigenvalue weighted by atomic mass is 127. The van der Waals surface area contributed by atoms with Crippen LogP contribution in [0, 0.1) is 9.49 Å². The molecular formula is C19H25IN4O3. The second-order valence-corrected chi connectivity index (χ2v) is 7.95. The van der Waals surface area contributed by atoms with E-state index in [0.29, 0.717) is 25.1 Å². The second kappa shape index (κ2) is 9.20. The molecule has 0 aliphatic heterocycles. The van der Waals surface area contributed by atoms with Crippen molar-refractivity contribution in [2.75, 3.05) is 17.2 Å². The molecule has 8 heteroatoms. The third-order valence-electron chi connectivity index (χ3n) is 4.12. The second-order valence-electron chi connectivity index (χ2n) is 6.79. The van der Waals surface area contributed by atoms with Gasteiger partial charge < -0.3 is 10.6 Å². The molecule has 0 saturated carbocycles. The van der Waals surface area contributed by atoms with E-state index >= 15 is 0 Å². The smallest absolute Gasteiger partial charge is 0.330 e. The molecule has 1 amide bonds. The van der Waals surface area contributed by atoms with Gasteiger partial charge >= 0.3 is 5.69 Å². The average molecular weight is 484 g/mol. The van der Waals surface area contributed by atoms with E-state index in [1.165, 1.54) is 9.47 Å². The van der Waals surface area contributed by atoms with Gasteiger partial charge in [0.05, 0.1) is 5.56 Å². The van der Waals surface area contributed by atoms with Gasteiger partial charge in [0.25, 0.3) is 11.5 Å². The zero-order chi connectivity index (χ0) is 20.1. The van der Waals surface area contributed by atoms with Gasteiger partial charge in [-0.05, 0) is 47.1 Å². The summed E-state index contributed by atoms with van der Waals surface area (Å²) < 4.78 is 2.11. The van der Waals surface area contributed by atoms with Crippen molar-refractivity contribution in [3.63, 3.8) is 0 Å². The van der Waals surface area contributed by atoms with Gasteiger partial charge in [-0.3, -0.25) is 19.1 Å². The Kier molecular flexibility index (Phi) is 7.23. The van der Waals surface area contributed by atoms with E-state index in [9.17, 15) is 14.4 Å². The summed E-state index contributed by atoms with van der Waals surface area (Å²) in [5.41, 5.74) is 5.53. The van der Waals surface area contributed by atoms with Crippen LogP contribution >= 0.6 is 22.6 Å². The summed E-state index contributed by atoms with van der Waals surface area (Å²) in [6, 6.07) is 7.18. The first-order valence-electron chi connectivity index (χ1n) is 8.96. The molecule has 7 nitrogen and oxygen atoms in total. The highest BCUT2D eigenvalue weighted by Crippen LogP contribution is 2.22. The van der Waals surface area contributed by atoms with Crippen LogP contribution in [0.5, 0.6) is 0 Å². The molecule has 2 aromatic rings. The number of carbonyl (C=O) groups is 1. The van der Waals surface area contributed by atoms with Crippen LogP contribution in [0.2, 0.25) is 0 Å². The van der Waals surface area contributed by atoms with E-state index in [0.717, 1.165) is 9.99 Å². The van der Waals surface area contributed by atoms with Crippen LogP contribution < -0.4 is 21.9 Å². The fraction of sp³-hybridized carbons (Fsp3) is 0.421. The molecule has 146 valence electrons. The van der Waals surface area contributed by atoms with Crippen LogP contribution in [0.25, 0.3) is 0 Å². The first kappa shape index (κ1) is 21.2. The first-order chi connectivity index (χ1) is 12.8. The maximum absolute atomic E-state index is 13.2. The monoisotopic (exact) mass is 484 g/mol. The molecule has 0 spiro atoms.